The molecule has 2 N–H and O–H groups in total. The fourth-order valence-corrected chi connectivity index (χ4v) is 0.989. The van der Waals surface area contributed by atoms with Crippen LogP contribution in [-0.2, 0) is 9.59 Å². The minimum Gasteiger partial charge on any atom is -0.481 e. The van der Waals surface area contributed by atoms with E-state index >= 15 is 0 Å². The van der Waals surface area contributed by atoms with Crippen LogP contribution in [0.25, 0.3) is 0 Å². The number of likely N-dealkylation sites (N-methyl/N-ethyl adjacent to an activating group) is 1. The average molecular weight is 216 g/mol. The molecule has 15 heavy (non-hydrogen) atoms. The zero-order valence-electron chi connectivity index (χ0n) is 9.83. The van der Waals surface area contributed by atoms with Gasteiger partial charge >= 0.3 is 5.97 Å². The molecule has 0 heterocycles. The van der Waals surface area contributed by atoms with E-state index in [4.69, 9.17) is 5.11 Å². The smallest absolute Gasteiger partial charge is 0.311 e. The molecule has 0 rings (SSSR count). The van der Waals surface area contributed by atoms with Crippen molar-refractivity contribution >= 4 is 11.9 Å². The molecule has 0 aromatic carbocycles. The highest BCUT2D eigenvalue weighted by Gasteiger charge is 2.31. The van der Waals surface area contributed by atoms with Crippen molar-refractivity contribution in [3.05, 3.63) is 0 Å². The highest BCUT2D eigenvalue weighted by molar-refractivity contribution is 5.80. The summed E-state index contributed by atoms with van der Waals surface area (Å²) in [6.07, 6.45) is 0.491. The maximum Gasteiger partial charge on any atom is 0.311 e. The van der Waals surface area contributed by atoms with Crippen molar-refractivity contribution in [1.82, 2.24) is 10.2 Å². The van der Waals surface area contributed by atoms with Crippen molar-refractivity contribution < 1.29 is 14.7 Å². The summed E-state index contributed by atoms with van der Waals surface area (Å²) >= 11 is 0. The number of aliphatic carboxylic acids is 1. The van der Waals surface area contributed by atoms with E-state index in [-0.39, 0.29) is 19.0 Å². The van der Waals surface area contributed by atoms with E-state index in [9.17, 15) is 9.59 Å². The van der Waals surface area contributed by atoms with E-state index in [0.717, 1.165) is 0 Å². The predicted molar refractivity (Wildman–Crippen MR) is 57.6 cm³/mol. The van der Waals surface area contributed by atoms with Gasteiger partial charge in [-0.3, -0.25) is 9.59 Å². The Balaban J connectivity index is 4.12. The van der Waals surface area contributed by atoms with Gasteiger partial charge in [0.25, 0.3) is 0 Å². The number of hydrogen-bond acceptors (Lipinski definition) is 3. The van der Waals surface area contributed by atoms with E-state index in [1.54, 1.807) is 32.8 Å². The first kappa shape index (κ1) is 13.9. The third kappa shape index (κ3) is 4.78. The van der Waals surface area contributed by atoms with Gasteiger partial charge in [0.15, 0.2) is 0 Å². The van der Waals surface area contributed by atoms with Crippen LogP contribution < -0.4 is 5.32 Å². The summed E-state index contributed by atoms with van der Waals surface area (Å²) in [6, 6.07) is 0. The Labute approximate surface area is 90.5 Å². The highest BCUT2D eigenvalue weighted by atomic mass is 16.4. The largest absolute Gasteiger partial charge is 0.481 e. The number of carboxylic acid groups (broad SMARTS) is 1. The summed E-state index contributed by atoms with van der Waals surface area (Å²) < 4.78 is 0. The van der Waals surface area contributed by atoms with Crippen LogP contribution in [0.3, 0.4) is 0 Å². The normalized spacial score (nSPS) is 14.7. The predicted octanol–water partition coefficient (Wildman–Crippen LogP) is 0.165. The number of hydrogen-bond donors (Lipinski definition) is 2. The molecule has 0 aliphatic heterocycles. The molecule has 0 aliphatic carbocycles. The first-order chi connectivity index (χ1) is 6.81. The average Bonchev–Trinajstić information content (AvgIpc) is 2.12. The molecule has 0 aliphatic rings. The van der Waals surface area contributed by atoms with E-state index in [2.05, 4.69) is 5.32 Å². The second-order valence-electron chi connectivity index (χ2n) is 4.23. The summed E-state index contributed by atoms with van der Waals surface area (Å²) in [6.45, 7) is 3.88. The molecule has 1 unspecified atom stereocenters. The Bertz CT molecular complexity index is 241. The Morgan fingerprint density at radius 3 is 2.27 bits per heavy atom. The lowest BCUT2D eigenvalue weighted by atomic mass is 9.88. The van der Waals surface area contributed by atoms with Crippen LogP contribution in [0.15, 0.2) is 0 Å². The lowest BCUT2D eigenvalue weighted by molar-refractivity contribution is -0.148. The summed E-state index contributed by atoms with van der Waals surface area (Å²) in [5.41, 5.74) is -0.873. The molecule has 0 bridgehead atoms. The third-order valence-electron chi connectivity index (χ3n) is 2.43. The molecule has 0 aromatic rings. The molecular formula is C10H20N2O3. The maximum absolute atomic E-state index is 11.3. The lowest BCUT2D eigenvalue weighted by Gasteiger charge is -2.23. The molecule has 0 saturated heterocycles. The second kappa shape index (κ2) is 5.70. The minimum atomic E-state index is -0.879. The van der Waals surface area contributed by atoms with Gasteiger partial charge in [0.1, 0.15) is 0 Å². The minimum absolute atomic E-state index is 0.152. The van der Waals surface area contributed by atoms with Gasteiger partial charge in [0.2, 0.25) is 5.91 Å². The van der Waals surface area contributed by atoms with Gasteiger partial charge in [-0.1, -0.05) is 6.92 Å². The lowest BCUT2D eigenvalue weighted by Crippen LogP contribution is -2.43. The highest BCUT2D eigenvalue weighted by Crippen LogP contribution is 2.19. The van der Waals surface area contributed by atoms with Gasteiger partial charge < -0.3 is 15.3 Å². The topological polar surface area (TPSA) is 69.6 Å². The van der Waals surface area contributed by atoms with E-state index < -0.39 is 11.4 Å². The summed E-state index contributed by atoms with van der Waals surface area (Å²) in [5, 5.41) is 11.6. The van der Waals surface area contributed by atoms with Crippen LogP contribution in [0.1, 0.15) is 20.3 Å². The van der Waals surface area contributed by atoms with Crippen LogP contribution in [0.4, 0.5) is 0 Å². The molecule has 1 atom stereocenters. The zero-order valence-corrected chi connectivity index (χ0v) is 9.83. The van der Waals surface area contributed by atoms with E-state index in [1.807, 2.05) is 0 Å². The molecule has 5 nitrogen and oxygen atoms in total. The second-order valence-corrected chi connectivity index (χ2v) is 4.23. The van der Waals surface area contributed by atoms with Crippen molar-refractivity contribution in [1.29, 1.82) is 0 Å². The number of amides is 1. The van der Waals surface area contributed by atoms with Crippen molar-refractivity contribution in [3.8, 4) is 0 Å². The first-order valence-corrected chi connectivity index (χ1v) is 4.96. The molecule has 5 heteroatoms. The fourth-order valence-electron chi connectivity index (χ4n) is 0.989. The van der Waals surface area contributed by atoms with Gasteiger partial charge in [-0.05, 0) is 27.4 Å². The monoisotopic (exact) mass is 216 g/mol. The molecule has 0 spiro atoms. The fraction of sp³-hybridized carbons (Fsp3) is 0.800. The summed E-state index contributed by atoms with van der Waals surface area (Å²) in [7, 11) is 3.57. The van der Waals surface area contributed by atoms with Crippen molar-refractivity contribution in [2.45, 2.75) is 20.3 Å². The van der Waals surface area contributed by atoms with Crippen LogP contribution in [-0.4, -0.2) is 49.1 Å². The quantitative estimate of drug-likeness (QED) is 0.664. The number of carbonyl (C=O) groups is 2. The molecule has 0 aromatic heterocycles. The van der Waals surface area contributed by atoms with Crippen molar-refractivity contribution in [3.63, 3.8) is 0 Å². The zero-order chi connectivity index (χ0) is 12.1. The maximum atomic E-state index is 11.3. The molecular weight excluding hydrogens is 196 g/mol. The number of nitrogens with one attached hydrogen (secondary N) is 1. The first-order valence-electron chi connectivity index (χ1n) is 4.96. The van der Waals surface area contributed by atoms with Gasteiger partial charge in [0, 0.05) is 6.54 Å². The third-order valence-corrected chi connectivity index (χ3v) is 2.43. The Morgan fingerprint density at radius 1 is 1.40 bits per heavy atom. The van der Waals surface area contributed by atoms with Crippen LogP contribution in [0.2, 0.25) is 0 Å². The van der Waals surface area contributed by atoms with Gasteiger partial charge in [0.05, 0.1) is 12.0 Å². The standard InChI is InChI=1S/C10H20N2O3/c1-5-10(2,9(14)15)7-11-8(13)6-12(3)4/h5-7H2,1-4H3,(H,11,13)(H,14,15). The number of carboxylic acids is 1. The Hall–Kier alpha value is -1.10. The van der Waals surface area contributed by atoms with Gasteiger partial charge in [-0.2, -0.15) is 0 Å². The van der Waals surface area contributed by atoms with Crippen molar-refractivity contribution in [2.75, 3.05) is 27.2 Å². The molecule has 1 amide bonds. The number of rotatable bonds is 6. The molecule has 88 valence electrons. The van der Waals surface area contributed by atoms with Crippen molar-refractivity contribution in [2.24, 2.45) is 5.41 Å². The van der Waals surface area contributed by atoms with Crippen LogP contribution in [0, 0.1) is 5.41 Å². The Kier molecular flexibility index (Phi) is 5.28. The van der Waals surface area contributed by atoms with E-state index in [1.165, 1.54) is 0 Å². The molecule has 0 radical (unpaired) electrons. The van der Waals surface area contributed by atoms with Gasteiger partial charge in [-0.25, -0.2) is 0 Å². The number of nitrogens with zero attached hydrogens (tertiary/aromatic N) is 1. The SMILES string of the molecule is CCC(C)(CNC(=O)CN(C)C)C(=O)O. The summed E-state index contributed by atoms with van der Waals surface area (Å²) in [5.74, 6) is -1.03. The molecule has 0 fully saturated rings. The number of carbonyl (C=O) groups excluding carboxylic acids is 1. The summed E-state index contributed by atoms with van der Waals surface area (Å²) in [4.78, 5) is 24.0. The van der Waals surface area contributed by atoms with Crippen LogP contribution in [0.5, 0.6) is 0 Å². The Morgan fingerprint density at radius 2 is 1.93 bits per heavy atom. The van der Waals surface area contributed by atoms with Crippen LogP contribution >= 0.6 is 0 Å². The molecule has 0 saturated carbocycles. The van der Waals surface area contributed by atoms with Gasteiger partial charge in [-0.15, -0.1) is 0 Å². The van der Waals surface area contributed by atoms with E-state index in [0.29, 0.717) is 6.42 Å².